The van der Waals surface area contributed by atoms with E-state index in [2.05, 4.69) is 23.2 Å². The summed E-state index contributed by atoms with van der Waals surface area (Å²) in [6.45, 7) is 0.757. The Labute approximate surface area is 360 Å². The second-order valence-corrected chi connectivity index (χ2v) is 13.6. The van der Waals surface area contributed by atoms with Crippen LogP contribution in [0.3, 0.4) is 0 Å². The molecule has 4 nitrogen and oxygen atoms in total. The van der Waals surface area contributed by atoms with E-state index in [9.17, 15) is 52.7 Å². The molecule has 0 radical (unpaired) electrons. The summed E-state index contributed by atoms with van der Waals surface area (Å²) in [5.74, 6) is -70.2. The van der Waals surface area contributed by atoms with Crippen LogP contribution in [-0.2, 0) is 6.54 Å². The van der Waals surface area contributed by atoms with Crippen molar-refractivity contribution in [2.75, 3.05) is 0 Å². The Morgan fingerprint density at radius 3 is 1.06 bits per heavy atom. The minimum atomic E-state index is -7.22. The fraction of sp³-hybridized carbons (Fsp3) is 0.0238. The molecule has 1 heterocycles. The molecule has 346 valence electrons. The van der Waals surface area contributed by atoms with Gasteiger partial charge in [0.1, 0.15) is 58.4 Å². The normalized spacial score (nSPS) is 11.3. The van der Waals surface area contributed by atoms with Gasteiger partial charge in [0.2, 0.25) is 6.20 Å². The Bertz CT molecular complexity index is 2770. The highest BCUT2D eigenvalue weighted by molar-refractivity contribution is 7.20. The molecule has 0 atom stereocenters. The van der Waals surface area contributed by atoms with Crippen LogP contribution in [0.25, 0.3) is 0 Å². The quantitative estimate of drug-likeness (QED) is 0.0503. The van der Waals surface area contributed by atoms with Crippen molar-refractivity contribution in [3.05, 3.63) is 201 Å². The van der Waals surface area contributed by atoms with Crippen molar-refractivity contribution in [1.82, 2.24) is 4.98 Å². The third-order valence-corrected chi connectivity index (χ3v) is 9.86. The van der Waals surface area contributed by atoms with Gasteiger partial charge in [0.25, 0.3) is 5.88 Å². The number of ether oxygens (including phenoxy) is 1. The van der Waals surface area contributed by atoms with Crippen molar-refractivity contribution in [3.63, 3.8) is 0 Å². The van der Waals surface area contributed by atoms with Gasteiger partial charge < -0.3 is 4.74 Å². The van der Waals surface area contributed by atoms with E-state index < -0.39 is 144 Å². The summed E-state index contributed by atoms with van der Waals surface area (Å²) < 4.78 is 302. The molecule has 0 unspecified atom stereocenters. The minimum Gasteiger partial charge on any atom is -0.434 e. The molecule has 0 fully saturated rings. The summed E-state index contributed by atoms with van der Waals surface area (Å²) in [6.07, 6.45) is -1.75. The van der Waals surface area contributed by atoms with E-state index >= 15 is 35.1 Å². The smallest absolute Gasteiger partial charge is 0.285 e. The summed E-state index contributed by atoms with van der Waals surface area (Å²) in [5.41, 5.74) is -12.5. The highest BCUT2D eigenvalue weighted by atomic mass is 19.2. The molecule has 0 N–H and O–H groups in total. The van der Waals surface area contributed by atoms with Crippen molar-refractivity contribution < 1.29 is 97.1 Å². The summed E-state index contributed by atoms with van der Waals surface area (Å²) in [7, 11) is 0. The van der Waals surface area contributed by atoms with Gasteiger partial charge in [-0.05, 0) is 24.3 Å². The molecule has 0 amide bonds. The molecule has 7 rings (SSSR count). The van der Waals surface area contributed by atoms with Crippen LogP contribution in [0.1, 0.15) is 11.1 Å². The summed E-state index contributed by atoms with van der Waals surface area (Å²) in [4.78, 5) is 4.21. The minimum absolute atomic E-state index is 0.517. The first kappa shape index (κ1) is 48.8. The molecular formula is C42H14BF20N3O. The third-order valence-electron chi connectivity index (χ3n) is 9.86. The van der Waals surface area contributed by atoms with Gasteiger partial charge in [0, 0.05) is 5.56 Å². The Balaban J connectivity index is 0.000000279. The Morgan fingerprint density at radius 2 is 0.746 bits per heavy atom. The number of benzene rings is 6. The van der Waals surface area contributed by atoms with Gasteiger partial charge in [-0.15, -0.1) is 21.9 Å². The van der Waals surface area contributed by atoms with Crippen LogP contribution in [0.4, 0.5) is 87.8 Å². The van der Waals surface area contributed by atoms with Gasteiger partial charge in [-0.25, -0.2) is 92.8 Å². The third kappa shape index (κ3) is 8.20. The fourth-order valence-corrected chi connectivity index (χ4v) is 6.95. The second-order valence-electron chi connectivity index (χ2n) is 13.6. The number of nitrogens with zero attached hydrogens (tertiary/aromatic N) is 3. The van der Waals surface area contributed by atoms with Crippen molar-refractivity contribution in [2.45, 2.75) is 6.54 Å². The van der Waals surface area contributed by atoms with Gasteiger partial charge >= 0.3 is 0 Å². The average Bonchev–Trinajstić information content (AvgIpc) is 3.32. The average molecular weight is 967 g/mol. The number of rotatable bonds is 8. The van der Waals surface area contributed by atoms with Crippen molar-refractivity contribution in [1.29, 1.82) is 5.26 Å². The van der Waals surface area contributed by atoms with Gasteiger partial charge in [-0.3, -0.25) is 0 Å². The van der Waals surface area contributed by atoms with Crippen LogP contribution in [0.15, 0.2) is 73.2 Å². The number of nitriles is 1. The molecule has 0 saturated heterocycles. The van der Waals surface area contributed by atoms with Gasteiger partial charge in [-0.2, -0.15) is 9.83 Å². The molecule has 7 aromatic rings. The first-order valence-corrected chi connectivity index (χ1v) is 17.8. The zero-order chi connectivity index (χ0) is 49.6. The van der Waals surface area contributed by atoms with Crippen LogP contribution in [0.2, 0.25) is 0 Å². The van der Waals surface area contributed by atoms with E-state index in [1.54, 1.807) is 30.5 Å². The standard InChI is InChI=1S/C24BF20.C18H14N3O/c26-5-1(6(27)14(35)21(42)13(5)34)25(2-7(28)15(36)22(43)16(37)8(2)29,3-9(30)17(38)23(44)18(39)10(3)31)4-11(32)19(40)24(45)20(41)12(4)33;19-12-15-6-8-17(9-7-15)22-18-14-21(11-10-20-18)13-16-4-2-1-3-5-16/h;1-11,14H,13H2/q-1;+1. The lowest BCUT2D eigenvalue weighted by molar-refractivity contribution is -0.689. The first-order chi connectivity index (χ1) is 31.5. The van der Waals surface area contributed by atoms with Crippen molar-refractivity contribution >= 4 is 28.0 Å². The van der Waals surface area contributed by atoms with Crippen LogP contribution in [0, 0.1) is 128 Å². The Hall–Kier alpha value is -7.65. The predicted molar refractivity (Wildman–Crippen MR) is 190 cm³/mol. The van der Waals surface area contributed by atoms with Crippen LogP contribution in [0.5, 0.6) is 11.6 Å². The Morgan fingerprint density at radius 1 is 0.433 bits per heavy atom. The van der Waals surface area contributed by atoms with E-state index in [1.807, 2.05) is 35.2 Å². The maximum atomic E-state index is 15.4. The first-order valence-electron chi connectivity index (χ1n) is 17.8. The van der Waals surface area contributed by atoms with Crippen molar-refractivity contribution in [3.8, 4) is 17.7 Å². The molecule has 6 aromatic carbocycles. The number of hydrogen-bond donors (Lipinski definition) is 0. The molecule has 67 heavy (non-hydrogen) atoms. The second kappa shape index (κ2) is 18.7. The van der Waals surface area contributed by atoms with E-state index in [0.29, 0.717) is 17.2 Å². The maximum absolute atomic E-state index is 15.4. The highest BCUT2D eigenvalue weighted by Gasteiger charge is 2.52. The lowest BCUT2D eigenvalue weighted by Crippen LogP contribution is -2.81. The topological polar surface area (TPSA) is 49.8 Å². The SMILES string of the molecule is Fc1c(F)c(F)c([B-](c2c(F)c(F)c(F)c(F)c2F)(c2c(F)c(F)c(F)c(F)c2F)c2c(F)c(F)c(F)c(F)c2F)c(F)c1F.N#Cc1ccc(Oc2c[n+](Cc3ccccc3)ccn2)cc1. The van der Waals surface area contributed by atoms with Crippen LogP contribution < -0.4 is 31.2 Å². The number of aromatic nitrogens is 2. The molecule has 25 heteroatoms. The predicted octanol–water partition coefficient (Wildman–Crippen LogP) is 8.93. The largest absolute Gasteiger partial charge is 0.434 e. The van der Waals surface area contributed by atoms with E-state index in [0.717, 1.165) is 6.54 Å². The summed E-state index contributed by atoms with van der Waals surface area (Å²) in [5, 5.41) is 8.79. The molecular weight excluding hydrogens is 953 g/mol. The highest BCUT2D eigenvalue weighted by Crippen LogP contribution is 2.31. The molecule has 0 spiro atoms. The zero-order valence-electron chi connectivity index (χ0n) is 32.0. The number of hydrogen-bond acceptors (Lipinski definition) is 3. The zero-order valence-corrected chi connectivity index (χ0v) is 32.0. The molecule has 0 aliphatic carbocycles. The van der Waals surface area contributed by atoms with Gasteiger partial charge in [-0.1, -0.05) is 30.3 Å². The molecule has 0 aliphatic heterocycles. The van der Waals surface area contributed by atoms with Crippen molar-refractivity contribution in [2.24, 2.45) is 0 Å². The maximum Gasteiger partial charge on any atom is 0.285 e. The lowest BCUT2D eigenvalue weighted by atomic mass is 9.12. The van der Waals surface area contributed by atoms with Gasteiger partial charge in [0.15, 0.2) is 82.5 Å². The molecule has 0 bridgehead atoms. The van der Waals surface area contributed by atoms with E-state index in [1.165, 1.54) is 5.56 Å². The Kier molecular flexibility index (Phi) is 13.6. The lowest BCUT2D eigenvalue weighted by Gasteiger charge is -2.44. The van der Waals surface area contributed by atoms with Crippen LogP contribution >= 0.6 is 0 Å². The molecule has 0 saturated carbocycles. The fourth-order valence-electron chi connectivity index (χ4n) is 6.95. The van der Waals surface area contributed by atoms with Crippen LogP contribution in [-0.4, -0.2) is 11.1 Å². The summed E-state index contributed by atoms with van der Waals surface area (Å²) >= 11 is 0. The number of halogens is 20. The van der Waals surface area contributed by atoms with Gasteiger partial charge in [0.05, 0.1) is 17.8 Å². The van der Waals surface area contributed by atoms with E-state index in [-0.39, 0.29) is 0 Å². The molecule has 1 aromatic heterocycles. The summed E-state index contributed by atoms with van der Waals surface area (Å²) in [6, 6.07) is 19.2. The molecule has 0 aliphatic rings. The van der Waals surface area contributed by atoms with E-state index in [4.69, 9.17) is 10.00 Å². The monoisotopic (exact) mass is 967 g/mol.